The molecule has 0 aliphatic carbocycles. The molecule has 0 bridgehead atoms. The smallest absolute Gasteiger partial charge is 0.229 e. The second-order valence-electron chi connectivity index (χ2n) is 4.25. The molecule has 6 nitrogen and oxygen atoms in total. The number of nitrogens with two attached hydrogens (primary N) is 1. The number of benzene rings is 1. The third-order valence-electron chi connectivity index (χ3n) is 2.31. The summed E-state index contributed by atoms with van der Waals surface area (Å²) in [6.45, 7) is 0.570. The fraction of sp³-hybridized carbons (Fsp3) is 0.417. The maximum Gasteiger partial charge on any atom is 0.229 e. The Kier molecular flexibility index (Phi) is 5.78. The van der Waals surface area contributed by atoms with Crippen molar-refractivity contribution in [3.05, 3.63) is 24.3 Å². The van der Waals surface area contributed by atoms with E-state index in [9.17, 15) is 13.2 Å². The monoisotopic (exact) mass is 285 g/mol. The van der Waals surface area contributed by atoms with Crippen molar-refractivity contribution in [2.45, 2.75) is 19.3 Å². The van der Waals surface area contributed by atoms with Crippen LogP contribution in [0.4, 0.5) is 11.4 Å². The molecule has 0 aliphatic rings. The number of unbranched alkanes of at least 4 members (excludes halogenated alkanes) is 1. The van der Waals surface area contributed by atoms with Crippen LogP contribution in [0.3, 0.4) is 0 Å². The fourth-order valence-corrected chi connectivity index (χ4v) is 2.08. The summed E-state index contributed by atoms with van der Waals surface area (Å²) in [5, 5.41) is 2.71. The average Bonchev–Trinajstić information content (AvgIpc) is 2.27. The number of rotatable bonds is 7. The van der Waals surface area contributed by atoms with Gasteiger partial charge in [0.15, 0.2) is 0 Å². The van der Waals surface area contributed by atoms with Gasteiger partial charge in [-0.15, -0.1) is 0 Å². The molecule has 0 heterocycles. The van der Waals surface area contributed by atoms with Crippen LogP contribution in [0.1, 0.15) is 19.3 Å². The minimum absolute atomic E-state index is 0.107. The molecule has 0 unspecified atom stereocenters. The molecule has 4 N–H and O–H groups in total. The molecule has 1 aromatic carbocycles. The van der Waals surface area contributed by atoms with Crippen molar-refractivity contribution in [1.29, 1.82) is 0 Å². The summed E-state index contributed by atoms with van der Waals surface area (Å²) in [5.41, 5.74) is 6.33. The number of nitrogens with one attached hydrogen (secondary N) is 2. The van der Waals surface area contributed by atoms with Gasteiger partial charge in [0.2, 0.25) is 15.9 Å². The van der Waals surface area contributed by atoms with E-state index in [1.54, 1.807) is 24.3 Å². The molecule has 1 rings (SSSR count). The van der Waals surface area contributed by atoms with Crippen molar-refractivity contribution >= 4 is 27.3 Å². The summed E-state index contributed by atoms with van der Waals surface area (Å²) in [6, 6.07) is 6.56. The molecule has 106 valence electrons. The lowest BCUT2D eigenvalue weighted by atomic mass is 10.2. The second-order valence-corrected chi connectivity index (χ2v) is 6.00. The fourth-order valence-electron chi connectivity index (χ4n) is 1.53. The zero-order chi connectivity index (χ0) is 14.3. The van der Waals surface area contributed by atoms with Gasteiger partial charge in [0, 0.05) is 12.1 Å². The molecule has 0 fully saturated rings. The predicted molar refractivity (Wildman–Crippen MR) is 76.4 cm³/mol. The Balaban J connectivity index is 2.59. The topological polar surface area (TPSA) is 101 Å². The summed E-state index contributed by atoms with van der Waals surface area (Å²) in [4.78, 5) is 11.6. The number of hydrogen-bond acceptors (Lipinski definition) is 4. The van der Waals surface area contributed by atoms with Crippen LogP contribution in [0.5, 0.6) is 0 Å². The van der Waals surface area contributed by atoms with Crippen LogP contribution in [-0.4, -0.2) is 27.1 Å². The Labute approximate surface area is 113 Å². The van der Waals surface area contributed by atoms with Crippen molar-refractivity contribution in [3.63, 3.8) is 0 Å². The van der Waals surface area contributed by atoms with Gasteiger partial charge in [-0.25, -0.2) is 8.42 Å². The Morgan fingerprint density at radius 3 is 2.58 bits per heavy atom. The minimum Gasteiger partial charge on any atom is -0.330 e. The van der Waals surface area contributed by atoms with Crippen LogP contribution < -0.4 is 15.8 Å². The van der Waals surface area contributed by atoms with E-state index in [0.29, 0.717) is 24.3 Å². The van der Waals surface area contributed by atoms with Crippen molar-refractivity contribution in [3.8, 4) is 0 Å². The van der Waals surface area contributed by atoms with Gasteiger partial charge in [-0.2, -0.15) is 0 Å². The first kappa shape index (κ1) is 15.5. The van der Waals surface area contributed by atoms with Gasteiger partial charge in [-0.3, -0.25) is 9.52 Å². The molecular weight excluding hydrogens is 266 g/mol. The second kappa shape index (κ2) is 7.10. The van der Waals surface area contributed by atoms with Gasteiger partial charge < -0.3 is 11.1 Å². The summed E-state index contributed by atoms with van der Waals surface area (Å²) in [5.74, 6) is -0.107. The van der Waals surface area contributed by atoms with Crippen LogP contribution >= 0.6 is 0 Å². The molecule has 0 aromatic heterocycles. The number of sulfonamides is 1. The third kappa shape index (κ3) is 6.78. The van der Waals surface area contributed by atoms with E-state index in [1.807, 2.05) is 0 Å². The number of carbonyl (C=O) groups excluding carboxylic acids is 1. The van der Waals surface area contributed by atoms with E-state index in [1.165, 1.54) is 0 Å². The Hall–Kier alpha value is -1.60. The van der Waals surface area contributed by atoms with Gasteiger partial charge in [0.1, 0.15) is 0 Å². The molecule has 7 heteroatoms. The zero-order valence-electron chi connectivity index (χ0n) is 10.8. The van der Waals surface area contributed by atoms with E-state index in [0.717, 1.165) is 19.1 Å². The lowest BCUT2D eigenvalue weighted by molar-refractivity contribution is -0.116. The largest absolute Gasteiger partial charge is 0.330 e. The van der Waals surface area contributed by atoms with Gasteiger partial charge in [0.25, 0.3) is 0 Å². The summed E-state index contributed by atoms with van der Waals surface area (Å²) >= 11 is 0. The average molecular weight is 285 g/mol. The molecular formula is C12H19N3O3S. The Bertz CT molecular complexity index is 529. The Morgan fingerprint density at radius 1 is 1.26 bits per heavy atom. The summed E-state index contributed by atoms with van der Waals surface area (Å²) < 4.78 is 24.5. The molecule has 0 radical (unpaired) electrons. The van der Waals surface area contributed by atoms with Gasteiger partial charge in [0.05, 0.1) is 11.9 Å². The van der Waals surface area contributed by atoms with Gasteiger partial charge in [-0.05, 0) is 37.6 Å². The lowest BCUT2D eigenvalue weighted by Gasteiger charge is -2.08. The first-order valence-electron chi connectivity index (χ1n) is 5.98. The van der Waals surface area contributed by atoms with Crippen molar-refractivity contribution in [2.24, 2.45) is 5.73 Å². The van der Waals surface area contributed by atoms with Crippen LogP contribution in [0.25, 0.3) is 0 Å². The standard InChI is InChI=1S/C12H19N3O3S/c1-19(17,18)15-11-6-4-5-10(9-11)14-12(16)7-2-3-8-13/h4-6,9,15H,2-3,7-8,13H2,1H3,(H,14,16). The van der Waals surface area contributed by atoms with Crippen LogP contribution in [0.15, 0.2) is 24.3 Å². The quantitative estimate of drug-likeness (QED) is 0.653. The highest BCUT2D eigenvalue weighted by molar-refractivity contribution is 7.92. The molecule has 1 amide bonds. The third-order valence-corrected chi connectivity index (χ3v) is 2.91. The first-order valence-corrected chi connectivity index (χ1v) is 7.87. The highest BCUT2D eigenvalue weighted by atomic mass is 32.2. The Morgan fingerprint density at radius 2 is 1.95 bits per heavy atom. The van der Waals surface area contributed by atoms with E-state index >= 15 is 0 Å². The van der Waals surface area contributed by atoms with E-state index < -0.39 is 10.0 Å². The summed E-state index contributed by atoms with van der Waals surface area (Å²) in [7, 11) is -3.32. The lowest BCUT2D eigenvalue weighted by Crippen LogP contribution is -2.13. The first-order chi connectivity index (χ1) is 8.90. The maximum atomic E-state index is 11.6. The normalized spacial score (nSPS) is 11.1. The number of hydrogen-bond donors (Lipinski definition) is 3. The van der Waals surface area contributed by atoms with Crippen LogP contribution in [-0.2, 0) is 14.8 Å². The summed E-state index contributed by atoms with van der Waals surface area (Å²) in [6.07, 6.45) is 3.03. The minimum atomic E-state index is -3.32. The number of carbonyl (C=O) groups is 1. The van der Waals surface area contributed by atoms with Crippen molar-refractivity contribution in [1.82, 2.24) is 0 Å². The molecule has 0 aliphatic heterocycles. The van der Waals surface area contributed by atoms with E-state index in [-0.39, 0.29) is 5.91 Å². The van der Waals surface area contributed by atoms with Crippen LogP contribution in [0.2, 0.25) is 0 Å². The van der Waals surface area contributed by atoms with Crippen molar-refractivity contribution < 1.29 is 13.2 Å². The highest BCUT2D eigenvalue weighted by Gasteiger charge is 2.05. The molecule has 0 saturated heterocycles. The molecule has 0 atom stereocenters. The van der Waals surface area contributed by atoms with Crippen LogP contribution in [0, 0.1) is 0 Å². The van der Waals surface area contributed by atoms with Gasteiger partial charge >= 0.3 is 0 Å². The maximum absolute atomic E-state index is 11.6. The molecule has 1 aromatic rings. The molecule has 0 spiro atoms. The molecule has 19 heavy (non-hydrogen) atoms. The zero-order valence-corrected chi connectivity index (χ0v) is 11.7. The SMILES string of the molecule is CS(=O)(=O)Nc1cccc(NC(=O)CCCCN)c1. The van der Waals surface area contributed by atoms with E-state index in [2.05, 4.69) is 10.0 Å². The highest BCUT2D eigenvalue weighted by Crippen LogP contribution is 2.16. The van der Waals surface area contributed by atoms with E-state index in [4.69, 9.17) is 5.73 Å². The number of anilines is 2. The van der Waals surface area contributed by atoms with Gasteiger partial charge in [-0.1, -0.05) is 6.07 Å². The molecule has 0 saturated carbocycles. The van der Waals surface area contributed by atoms with Crippen molar-refractivity contribution in [2.75, 3.05) is 22.8 Å². The predicted octanol–water partition coefficient (Wildman–Crippen LogP) is 1.13. The number of amides is 1.